The molecule has 24 heavy (non-hydrogen) atoms. The summed E-state index contributed by atoms with van der Waals surface area (Å²) in [6, 6.07) is 6.57. The fraction of sp³-hybridized carbons (Fsp3) is 0.267. The molecule has 0 radical (unpaired) electrons. The van der Waals surface area contributed by atoms with Gasteiger partial charge in [0.05, 0.1) is 5.75 Å². The van der Waals surface area contributed by atoms with Crippen molar-refractivity contribution in [1.29, 1.82) is 0 Å². The highest BCUT2D eigenvalue weighted by Crippen LogP contribution is 2.57. The Balaban J connectivity index is 2.14. The number of aromatic hydroxyl groups is 1. The van der Waals surface area contributed by atoms with Gasteiger partial charge in [-0.25, -0.2) is 4.31 Å². The van der Waals surface area contributed by atoms with Crippen molar-refractivity contribution >= 4 is 34.2 Å². The first-order chi connectivity index (χ1) is 11.3. The smallest absolute Gasteiger partial charge is 0.308 e. The van der Waals surface area contributed by atoms with E-state index in [1.165, 1.54) is 11.2 Å². The van der Waals surface area contributed by atoms with Crippen LogP contribution in [-0.2, 0) is 4.79 Å². The van der Waals surface area contributed by atoms with E-state index in [-0.39, 0.29) is 23.1 Å². The Hall–Kier alpha value is -1.87. The van der Waals surface area contributed by atoms with Gasteiger partial charge < -0.3 is 14.3 Å². The second-order valence-corrected chi connectivity index (χ2v) is 7.86. The summed E-state index contributed by atoms with van der Waals surface area (Å²) in [5, 5.41) is 10.9. The van der Waals surface area contributed by atoms with Gasteiger partial charge in [0.2, 0.25) is 11.5 Å². The molecule has 9 heteroatoms. The van der Waals surface area contributed by atoms with Crippen molar-refractivity contribution in [2.24, 2.45) is 0 Å². The summed E-state index contributed by atoms with van der Waals surface area (Å²) in [5.74, 6) is -1.17. The molecule has 2 aromatic rings. The van der Waals surface area contributed by atoms with E-state index >= 15 is 0 Å². The minimum atomic E-state index is -3.08. The number of carbonyl (C=O) groups excluding carboxylic acids is 1. The van der Waals surface area contributed by atoms with Crippen molar-refractivity contribution in [1.82, 2.24) is 0 Å². The molecule has 130 valence electrons. The van der Waals surface area contributed by atoms with E-state index in [0.717, 1.165) is 0 Å². The third kappa shape index (κ3) is 3.05. The van der Waals surface area contributed by atoms with Crippen LogP contribution in [0.2, 0.25) is 5.02 Å². The molecule has 0 saturated carbocycles. The van der Waals surface area contributed by atoms with Crippen LogP contribution in [0.1, 0.15) is 13.3 Å². The number of hydrogen-bond acceptors (Lipinski definition) is 7. The van der Waals surface area contributed by atoms with Crippen molar-refractivity contribution in [3.8, 4) is 22.8 Å². The number of benzene rings is 1. The predicted octanol–water partition coefficient (Wildman–Crippen LogP) is 4.11. The van der Waals surface area contributed by atoms with E-state index < -0.39 is 22.5 Å². The second-order valence-electron chi connectivity index (χ2n) is 5.31. The van der Waals surface area contributed by atoms with Gasteiger partial charge in [-0.05, 0) is 18.6 Å². The van der Waals surface area contributed by atoms with Crippen LogP contribution in [0.5, 0.6) is 11.5 Å². The highest BCUT2D eigenvalue weighted by atomic mass is 35.5. The zero-order chi connectivity index (χ0) is 17.5. The SMILES string of the molecule is CC(=O)Oc1c(N2CCCS2(O)O)oc(-c2cccc(Cl)c2)c1O. The summed E-state index contributed by atoms with van der Waals surface area (Å²) in [5.41, 5.74) is 0.468. The molecule has 1 aromatic heterocycles. The van der Waals surface area contributed by atoms with Gasteiger partial charge in [0.1, 0.15) is 0 Å². The van der Waals surface area contributed by atoms with Crippen LogP contribution in [0.25, 0.3) is 11.3 Å². The average Bonchev–Trinajstić information content (AvgIpc) is 2.99. The number of carbonyl (C=O) groups is 1. The molecule has 0 spiro atoms. The van der Waals surface area contributed by atoms with Gasteiger partial charge in [-0.3, -0.25) is 13.9 Å². The monoisotopic (exact) mass is 373 g/mol. The Morgan fingerprint density at radius 1 is 1.42 bits per heavy atom. The largest absolute Gasteiger partial charge is 0.502 e. The normalized spacial score (nSPS) is 17.8. The molecule has 0 unspecified atom stereocenters. The molecule has 1 aliphatic rings. The molecule has 3 N–H and O–H groups in total. The lowest BCUT2D eigenvalue weighted by Crippen LogP contribution is -2.22. The van der Waals surface area contributed by atoms with E-state index in [1.54, 1.807) is 24.3 Å². The molecule has 0 aliphatic carbocycles. The summed E-state index contributed by atoms with van der Waals surface area (Å²) in [4.78, 5) is 11.4. The Kier molecular flexibility index (Phi) is 4.39. The van der Waals surface area contributed by atoms with Crippen LogP contribution in [0, 0.1) is 0 Å². The molecule has 0 bridgehead atoms. The van der Waals surface area contributed by atoms with Crippen LogP contribution in [0.15, 0.2) is 28.7 Å². The van der Waals surface area contributed by atoms with E-state index in [1.807, 2.05) is 0 Å². The van der Waals surface area contributed by atoms with Crippen LogP contribution in [-0.4, -0.2) is 32.5 Å². The number of esters is 1. The molecule has 7 nitrogen and oxygen atoms in total. The Morgan fingerprint density at radius 2 is 2.17 bits per heavy atom. The molecule has 0 atom stereocenters. The number of furan rings is 1. The molecule has 3 rings (SSSR count). The highest BCUT2D eigenvalue weighted by molar-refractivity contribution is 8.25. The number of ether oxygens (including phenoxy) is 1. The first-order valence-corrected chi connectivity index (χ1v) is 9.18. The Morgan fingerprint density at radius 3 is 2.75 bits per heavy atom. The molecule has 0 amide bonds. The maximum atomic E-state index is 11.4. The number of rotatable bonds is 3. The third-order valence-corrected chi connectivity index (χ3v) is 5.64. The van der Waals surface area contributed by atoms with Crippen LogP contribution >= 0.6 is 22.4 Å². The van der Waals surface area contributed by atoms with Crippen molar-refractivity contribution in [2.45, 2.75) is 13.3 Å². The molecule has 1 aliphatic heterocycles. The lowest BCUT2D eigenvalue weighted by Gasteiger charge is -2.36. The fourth-order valence-corrected chi connectivity index (χ4v) is 4.25. The van der Waals surface area contributed by atoms with Crippen LogP contribution < -0.4 is 9.04 Å². The summed E-state index contributed by atoms with van der Waals surface area (Å²) in [6.07, 6.45) is 0.538. The Bertz CT molecular complexity index is 790. The lowest BCUT2D eigenvalue weighted by molar-refractivity contribution is -0.132. The van der Waals surface area contributed by atoms with Crippen LogP contribution in [0.3, 0.4) is 0 Å². The quantitative estimate of drug-likeness (QED) is 0.695. The fourth-order valence-electron chi connectivity index (χ4n) is 2.51. The van der Waals surface area contributed by atoms with Gasteiger partial charge in [-0.1, -0.05) is 23.7 Å². The van der Waals surface area contributed by atoms with Gasteiger partial charge >= 0.3 is 5.97 Å². The van der Waals surface area contributed by atoms with Gasteiger partial charge in [0.25, 0.3) is 5.88 Å². The number of hydrogen-bond donors (Lipinski definition) is 3. The number of halogens is 1. The average molecular weight is 374 g/mol. The zero-order valence-electron chi connectivity index (χ0n) is 12.7. The van der Waals surface area contributed by atoms with E-state index in [9.17, 15) is 19.0 Å². The van der Waals surface area contributed by atoms with Gasteiger partial charge in [-0.15, -0.1) is 10.8 Å². The number of nitrogens with zero attached hydrogens (tertiary/aromatic N) is 1. The number of anilines is 1. The summed E-state index contributed by atoms with van der Waals surface area (Å²) in [7, 11) is -3.08. The molecule has 1 aromatic carbocycles. The molecular formula is C15H16ClNO6S. The van der Waals surface area contributed by atoms with Crippen molar-refractivity contribution in [3.05, 3.63) is 29.3 Å². The lowest BCUT2D eigenvalue weighted by atomic mass is 10.1. The van der Waals surface area contributed by atoms with Crippen molar-refractivity contribution < 1.29 is 28.2 Å². The summed E-state index contributed by atoms with van der Waals surface area (Å²) >= 11 is 5.96. The molecule has 2 heterocycles. The van der Waals surface area contributed by atoms with E-state index in [4.69, 9.17) is 20.8 Å². The van der Waals surface area contributed by atoms with E-state index in [0.29, 0.717) is 23.6 Å². The maximum absolute atomic E-state index is 11.4. The molecule has 1 fully saturated rings. The second kappa shape index (κ2) is 6.21. The first-order valence-electron chi connectivity index (χ1n) is 7.13. The topological polar surface area (TPSA) is 103 Å². The minimum absolute atomic E-state index is 0.0332. The van der Waals surface area contributed by atoms with Gasteiger partial charge in [0, 0.05) is 24.1 Å². The van der Waals surface area contributed by atoms with Gasteiger partial charge in [-0.2, -0.15) is 0 Å². The predicted molar refractivity (Wildman–Crippen MR) is 91.8 cm³/mol. The first kappa shape index (κ1) is 17.0. The standard InChI is InChI=1S/C15H16ClNO6S/c1-9(18)22-14-12(19)13(10-4-2-5-11(16)8-10)23-15(14)17-6-3-7-24(17,20)21/h2,4-5,8,19-21H,3,6-7H2,1H3. The maximum Gasteiger partial charge on any atom is 0.308 e. The summed E-state index contributed by atoms with van der Waals surface area (Å²) < 4.78 is 32.2. The minimum Gasteiger partial charge on any atom is -0.502 e. The van der Waals surface area contributed by atoms with E-state index in [2.05, 4.69) is 0 Å². The van der Waals surface area contributed by atoms with Crippen molar-refractivity contribution in [2.75, 3.05) is 16.6 Å². The molecular weight excluding hydrogens is 358 g/mol. The highest BCUT2D eigenvalue weighted by Gasteiger charge is 2.37. The summed E-state index contributed by atoms with van der Waals surface area (Å²) in [6.45, 7) is 1.48. The van der Waals surface area contributed by atoms with Gasteiger partial charge in [0.15, 0.2) is 5.76 Å². The van der Waals surface area contributed by atoms with Crippen molar-refractivity contribution in [3.63, 3.8) is 0 Å². The van der Waals surface area contributed by atoms with Crippen LogP contribution in [0.4, 0.5) is 5.88 Å². The molecule has 1 saturated heterocycles. The third-order valence-electron chi connectivity index (χ3n) is 3.51. The Labute approximate surface area is 144 Å². The zero-order valence-corrected chi connectivity index (χ0v) is 14.3.